The van der Waals surface area contributed by atoms with E-state index in [0.717, 1.165) is 12.8 Å². The molecule has 1 aromatic heterocycles. The van der Waals surface area contributed by atoms with Crippen molar-refractivity contribution in [2.45, 2.75) is 53.4 Å². The summed E-state index contributed by atoms with van der Waals surface area (Å²) in [6, 6.07) is 0. The van der Waals surface area contributed by atoms with Gasteiger partial charge in [-0.05, 0) is 36.5 Å². The van der Waals surface area contributed by atoms with Crippen molar-refractivity contribution in [1.82, 2.24) is 9.97 Å². The van der Waals surface area contributed by atoms with E-state index < -0.39 is 0 Å². The molecule has 0 amide bonds. The first-order chi connectivity index (χ1) is 7.42. The van der Waals surface area contributed by atoms with Gasteiger partial charge >= 0.3 is 0 Å². The van der Waals surface area contributed by atoms with Gasteiger partial charge in [0.25, 0.3) is 0 Å². The minimum absolute atomic E-state index is 0.326. The Morgan fingerprint density at radius 1 is 1.12 bits per heavy atom. The molecule has 0 N–H and O–H groups in total. The Hall–Kier alpha value is -0.920. The zero-order valence-electron chi connectivity index (χ0n) is 10.9. The van der Waals surface area contributed by atoms with Crippen LogP contribution in [0.1, 0.15) is 51.9 Å². The lowest BCUT2D eigenvalue weighted by atomic mass is 9.64. The molecular weight excluding hydrogens is 196 g/mol. The molecule has 2 rings (SSSR count). The van der Waals surface area contributed by atoms with Crippen LogP contribution in [-0.2, 0) is 12.8 Å². The molecule has 0 saturated heterocycles. The van der Waals surface area contributed by atoms with Crippen LogP contribution in [0.3, 0.4) is 0 Å². The van der Waals surface area contributed by atoms with Gasteiger partial charge in [0.15, 0.2) is 0 Å². The Kier molecular flexibility index (Phi) is 2.77. The van der Waals surface area contributed by atoms with Crippen molar-refractivity contribution in [3.63, 3.8) is 0 Å². The average Bonchev–Trinajstić information content (AvgIpc) is 2.35. The quantitative estimate of drug-likeness (QED) is 0.624. The van der Waals surface area contributed by atoms with Gasteiger partial charge in [0.05, 0.1) is 11.4 Å². The fraction of sp³-hybridized carbons (Fsp3) is 0.714. The third kappa shape index (κ3) is 1.98. The van der Waals surface area contributed by atoms with Gasteiger partial charge in [0.2, 0.25) is 0 Å². The molecule has 1 aliphatic rings. The van der Waals surface area contributed by atoms with Crippen LogP contribution < -0.4 is 0 Å². The Labute approximate surface area is 98.5 Å². The van der Waals surface area contributed by atoms with Crippen LogP contribution in [0.2, 0.25) is 0 Å². The van der Waals surface area contributed by atoms with E-state index in [1.165, 1.54) is 24.2 Å². The summed E-state index contributed by atoms with van der Waals surface area (Å²) < 4.78 is 0. The highest BCUT2D eigenvalue weighted by Crippen LogP contribution is 2.46. The molecule has 2 nitrogen and oxygen atoms in total. The van der Waals surface area contributed by atoms with Crippen LogP contribution >= 0.6 is 0 Å². The SMILES string of the molecule is CC(C)(C)C1(C)CCCc2nccnc2C1. The molecule has 88 valence electrons. The molecule has 0 bridgehead atoms. The van der Waals surface area contributed by atoms with Crippen molar-refractivity contribution in [3.05, 3.63) is 23.8 Å². The third-order valence-corrected chi connectivity index (χ3v) is 4.37. The van der Waals surface area contributed by atoms with Gasteiger partial charge in [-0.1, -0.05) is 27.7 Å². The molecule has 1 atom stereocenters. The fourth-order valence-corrected chi connectivity index (χ4v) is 2.50. The summed E-state index contributed by atoms with van der Waals surface area (Å²) in [6.45, 7) is 9.42. The first kappa shape index (κ1) is 11.6. The number of fused-ring (bicyclic) bond motifs is 1. The zero-order valence-corrected chi connectivity index (χ0v) is 10.9. The molecule has 1 aromatic rings. The molecule has 2 heteroatoms. The maximum atomic E-state index is 4.53. The summed E-state index contributed by atoms with van der Waals surface area (Å²) in [5.41, 5.74) is 3.10. The Balaban J connectivity index is 2.36. The monoisotopic (exact) mass is 218 g/mol. The van der Waals surface area contributed by atoms with E-state index in [-0.39, 0.29) is 0 Å². The van der Waals surface area contributed by atoms with Crippen LogP contribution in [0.25, 0.3) is 0 Å². The van der Waals surface area contributed by atoms with E-state index in [4.69, 9.17) is 0 Å². The van der Waals surface area contributed by atoms with Crippen LogP contribution in [0.5, 0.6) is 0 Å². The molecule has 1 aliphatic carbocycles. The molecule has 0 spiro atoms. The van der Waals surface area contributed by atoms with Crippen LogP contribution in [0.15, 0.2) is 12.4 Å². The van der Waals surface area contributed by atoms with Crippen LogP contribution in [0.4, 0.5) is 0 Å². The highest BCUT2D eigenvalue weighted by Gasteiger charge is 2.39. The number of aromatic nitrogens is 2. The molecule has 0 aromatic carbocycles. The summed E-state index contributed by atoms with van der Waals surface area (Å²) in [6.07, 6.45) is 8.31. The van der Waals surface area contributed by atoms with E-state index >= 15 is 0 Å². The highest BCUT2D eigenvalue weighted by molar-refractivity contribution is 5.16. The van der Waals surface area contributed by atoms with Crippen molar-refractivity contribution in [3.8, 4) is 0 Å². The number of aryl methyl sites for hydroxylation is 1. The molecule has 16 heavy (non-hydrogen) atoms. The topological polar surface area (TPSA) is 25.8 Å². The number of nitrogens with zero attached hydrogens (tertiary/aromatic N) is 2. The Bertz CT molecular complexity index is 379. The summed E-state index contributed by atoms with van der Waals surface area (Å²) in [4.78, 5) is 8.99. The molecule has 1 heterocycles. The smallest absolute Gasteiger partial charge is 0.0624 e. The molecule has 0 aliphatic heterocycles. The summed E-state index contributed by atoms with van der Waals surface area (Å²) in [5.74, 6) is 0. The zero-order chi connectivity index (χ0) is 11.8. The minimum Gasteiger partial charge on any atom is -0.258 e. The van der Waals surface area contributed by atoms with Crippen molar-refractivity contribution in [1.29, 1.82) is 0 Å². The maximum absolute atomic E-state index is 4.53. The van der Waals surface area contributed by atoms with Crippen molar-refractivity contribution < 1.29 is 0 Å². The summed E-state index contributed by atoms with van der Waals surface area (Å²) in [5, 5.41) is 0. The minimum atomic E-state index is 0.326. The largest absolute Gasteiger partial charge is 0.258 e. The molecule has 0 saturated carbocycles. The van der Waals surface area contributed by atoms with Crippen LogP contribution in [0, 0.1) is 10.8 Å². The van der Waals surface area contributed by atoms with E-state index in [1.807, 2.05) is 12.4 Å². The first-order valence-electron chi connectivity index (χ1n) is 6.21. The van der Waals surface area contributed by atoms with E-state index in [2.05, 4.69) is 37.7 Å². The molecule has 0 radical (unpaired) electrons. The lowest BCUT2D eigenvalue weighted by molar-refractivity contribution is 0.0958. The molecule has 0 fully saturated rings. The summed E-state index contributed by atoms with van der Waals surface area (Å²) >= 11 is 0. The second kappa shape index (κ2) is 3.83. The summed E-state index contributed by atoms with van der Waals surface area (Å²) in [7, 11) is 0. The van der Waals surface area contributed by atoms with Gasteiger partial charge in [-0.2, -0.15) is 0 Å². The van der Waals surface area contributed by atoms with Gasteiger partial charge in [-0.3, -0.25) is 9.97 Å². The fourth-order valence-electron chi connectivity index (χ4n) is 2.50. The number of hydrogen-bond acceptors (Lipinski definition) is 2. The average molecular weight is 218 g/mol. The highest BCUT2D eigenvalue weighted by atomic mass is 14.8. The second-order valence-electron chi connectivity index (χ2n) is 6.29. The van der Waals surface area contributed by atoms with Crippen molar-refractivity contribution in [2.24, 2.45) is 10.8 Å². The van der Waals surface area contributed by atoms with Crippen molar-refractivity contribution >= 4 is 0 Å². The predicted molar refractivity (Wildman–Crippen MR) is 66.2 cm³/mol. The lowest BCUT2D eigenvalue weighted by Gasteiger charge is -2.41. The Morgan fingerprint density at radius 3 is 2.38 bits per heavy atom. The Morgan fingerprint density at radius 2 is 1.75 bits per heavy atom. The van der Waals surface area contributed by atoms with Gasteiger partial charge in [-0.15, -0.1) is 0 Å². The standard InChI is InChI=1S/C14H22N2/c1-13(2,3)14(4)7-5-6-11-12(10-14)16-9-8-15-11/h8-9H,5-7,10H2,1-4H3. The maximum Gasteiger partial charge on any atom is 0.0624 e. The number of hydrogen-bond donors (Lipinski definition) is 0. The third-order valence-electron chi connectivity index (χ3n) is 4.37. The van der Waals surface area contributed by atoms with Gasteiger partial charge < -0.3 is 0 Å². The van der Waals surface area contributed by atoms with E-state index in [1.54, 1.807) is 0 Å². The van der Waals surface area contributed by atoms with Crippen molar-refractivity contribution in [2.75, 3.05) is 0 Å². The van der Waals surface area contributed by atoms with Gasteiger partial charge in [-0.25, -0.2) is 0 Å². The normalized spacial score (nSPS) is 26.0. The lowest BCUT2D eigenvalue weighted by Crippen LogP contribution is -2.34. The van der Waals surface area contributed by atoms with E-state index in [9.17, 15) is 0 Å². The second-order valence-corrected chi connectivity index (χ2v) is 6.29. The molecular formula is C14H22N2. The predicted octanol–water partition coefficient (Wildman–Crippen LogP) is 3.41. The van der Waals surface area contributed by atoms with Gasteiger partial charge in [0, 0.05) is 12.4 Å². The first-order valence-corrected chi connectivity index (χ1v) is 6.21. The van der Waals surface area contributed by atoms with Gasteiger partial charge in [0.1, 0.15) is 0 Å². The number of rotatable bonds is 0. The molecule has 1 unspecified atom stereocenters. The van der Waals surface area contributed by atoms with E-state index in [0.29, 0.717) is 10.8 Å². The van der Waals surface area contributed by atoms with Crippen LogP contribution in [-0.4, -0.2) is 9.97 Å².